The number of aryl methyl sites for hydroxylation is 1. The number of pyridine rings is 1. The Hall–Kier alpha value is -1.52. The van der Waals surface area contributed by atoms with Crippen molar-refractivity contribution in [2.24, 2.45) is 0 Å². The van der Waals surface area contributed by atoms with Gasteiger partial charge in [-0.2, -0.15) is 0 Å². The van der Waals surface area contributed by atoms with Crippen molar-refractivity contribution in [3.63, 3.8) is 0 Å². The molecule has 1 heterocycles. The molecule has 2 rings (SSSR count). The van der Waals surface area contributed by atoms with Gasteiger partial charge in [0.1, 0.15) is 11.6 Å². The van der Waals surface area contributed by atoms with Crippen LogP contribution in [-0.4, -0.2) is 11.5 Å². The first-order valence-electron chi connectivity index (χ1n) is 6.13. The van der Waals surface area contributed by atoms with E-state index >= 15 is 0 Å². The second-order valence-corrected chi connectivity index (χ2v) is 5.14. The summed E-state index contributed by atoms with van der Waals surface area (Å²) >= 11 is 12.1. The minimum Gasteiger partial charge on any atom is -0.369 e. The summed E-state index contributed by atoms with van der Waals surface area (Å²) in [5, 5.41) is 6.85. The van der Waals surface area contributed by atoms with E-state index in [2.05, 4.69) is 15.6 Å². The Morgan fingerprint density at radius 1 is 1.10 bits per heavy atom. The molecule has 0 radical (unpaired) electrons. The third-order valence-electron chi connectivity index (χ3n) is 2.58. The van der Waals surface area contributed by atoms with Gasteiger partial charge in [-0.25, -0.2) is 9.37 Å². The van der Waals surface area contributed by atoms with Crippen molar-refractivity contribution >= 4 is 40.5 Å². The molecule has 1 aromatic heterocycles. The summed E-state index contributed by atoms with van der Waals surface area (Å²) in [6.07, 6.45) is 0. The summed E-state index contributed by atoms with van der Waals surface area (Å²) in [5.41, 5.74) is 1.39. The van der Waals surface area contributed by atoms with Crippen LogP contribution in [0.5, 0.6) is 0 Å². The molecule has 6 heteroatoms. The minimum absolute atomic E-state index is 0.315. The molecule has 2 aromatic rings. The monoisotopic (exact) mass is 313 g/mol. The van der Waals surface area contributed by atoms with E-state index in [1.54, 1.807) is 6.07 Å². The molecule has 0 aliphatic carbocycles. The number of hydrogen-bond donors (Lipinski definition) is 2. The lowest BCUT2D eigenvalue weighted by Gasteiger charge is -2.12. The second kappa shape index (κ2) is 6.29. The Labute approximate surface area is 127 Å². The smallest absolute Gasteiger partial charge is 0.151 e. The van der Waals surface area contributed by atoms with E-state index in [-0.39, 0.29) is 5.82 Å². The summed E-state index contributed by atoms with van der Waals surface area (Å²) in [4.78, 5) is 4.31. The van der Waals surface area contributed by atoms with Crippen LogP contribution in [0, 0.1) is 12.7 Å². The first-order valence-corrected chi connectivity index (χ1v) is 6.89. The second-order valence-electron chi connectivity index (χ2n) is 4.32. The van der Waals surface area contributed by atoms with Crippen LogP contribution in [0.15, 0.2) is 24.3 Å². The van der Waals surface area contributed by atoms with E-state index in [4.69, 9.17) is 23.2 Å². The van der Waals surface area contributed by atoms with Gasteiger partial charge in [0.25, 0.3) is 0 Å². The van der Waals surface area contributed by atoms with E-state index in [0.29, 0.717) is 33.9 Å². The highest BCUT2D eigenvalue weighted by Gasteiger charge is 2.09. The van der Waals surface area contributed by atoms with Crippen LogP contribution < -0.4 is 10.6 Å². The molecule has 3 nitrogen and oxygen atoms in total. The van der Waals surface area contributed by atoms with Gasteiger partial charge in [-0.15, -0.1) is 0 Å². The predicted molar refractivity (Wildman–Crippen MR) is 82.8 cm³/mol. The summed E-state index contributed by atoms with van der Waals surface area (Å²) in [6, 6.07) is 6.24. The van der Waals surface area contributed by atoms with Crippen LogP contribution in [0.3, 0.4) is 0 Å². The van der Waals surface area contributed by atoms with Crippen LogP contribution in [0.4, 0.5) is 21.7 Å². The average molecular weight is 314 g/mol. The summed E-state index contributed by atoms with van der Waals surface area (Å²) < 4.78 is 13.4. The lowest BCUT2D eigenvalue weighted by Crippen LogP contribution is -2.03. The van der Waals surface area contributed by atoms with Gasteiger partial charge in [-0.05, 0) is 43.7 Å². The Morgan fingerprint density at radius 2 is 1.80 bits per heavy atom. The Kier molecular flexibility index (Phi) is 4.68. The predicted octanol–water partition coefficient (Wildman–Crippen LogP) is 5.01. The van der Waals surface area contributed by atoms with Gasteiger partial charge in [-0.3, -0.25) is 0 Å². The zero-order valence-corrected chi connectivity index (χ0v) is 12.6. The summed E-state index contributed by atoms with van der Waals surface area (Å²) in [5.74, 6) is 0.649. The molecule has 2 N–H and O–H groups in total. The standard InChI is InChI=1S/C14H14Cl2FN3/c1-3-18-13-11(15)7-12(16)14(20-13)19-10-5-8(2)4-9(17)6-10/h4-7H,3H2,1-2H3,(H2,18,19,20). The molecule has 0 aliphatic rings. The summed E-state index contributed by atoms with van der Waals surface area (Å²) in [7, 11) is 0. The maximum Gasteiger partial charge on any atom is 0.151 e. The number of hydrogen-bond acceptors (Lipinski definition) is 3. The number of nitrogens with zero attached hydrogens (tertiary/aromatic N) is 1. The van der Waals surface area contributed by atoms with Gasteiger partial charge < -0.3 is 10.6 Å². The van der Waals surface area contributed by atoms with Crippen LogP contribution in [0.25, 0.3) is 0 Å². The van der Waals surface area contributed by atoms with Crippen molar-refractivity contribution in [2.45, 2.75) is 13.8 Å². The van der Waals surface area contributed by atoms with Crippen molar-refractivity contribution < 1.29 is 4.39 Å². The van der Waals surface area contributed by atoms with Crippen molar-refractivity contribution in [3.05, 3.63) is 45.7 Å². The van der Waals surface area contributed by atoms with Crippen LogP contribution >= 0.6 is 23.2 Å². The zero-order chi connectivity index (χ0) is 14.7. The summed E-state index contributed by atoms with van der Waals surface area (Å²) in [6.45, 7) is 4.44. The molecule has 106 valence electrons. The zero-order valence-electron chi connectivity index (χ0n) is 11.1. The molecular formula is C14H14Cl2FN3. The van der Waals surface area contributed by atoms with E-state index in [0.717, 1.165) is 5.56 Å². The third kappa shape index (κ3) is 3.52. The van der Waals surface area contributed by atoms with Gasteiger partial charge in [0.05, 0.1) is 10.0 Å². The molecular weight excluding hydrogens is 300 g/mol. The maximum atomic E-state index is 13.4. The van der Waals surface area contributed by atoms with E-state index in [1.807, 2.05) is 19.9 Å². The topological polar surface area (TPSA) is 37.0 Å². The minimum atomic E-state index is -0.315. The molecule has 0 saturated carbocycles. The fraction of sp³-hybridized carbons (Fsp3) is 0.214. The number of nitrogens with one attached hydrogen (secondary N) is 2. The molecule has 0 aliphatic heterocycles. The van der Waals surface area contributed by atoms with E-state index in [1.165, 1.54) is 12.1 Å². The Bertz CT molecular complexity index is 612. The SMILES string of the molecule is CCNc1nc(Nc2cc(C)cc(F)c2)c(Cl)cc1Cl. The highest BCUT2D eigenvalue weighted by atomic mass is 35.5. The molecule has 0 atom stereocenters. The number of benzene rings is 1. The normalized spacial score (nSPS) is 10.4. The van der Waals surface area contributed by atoms with E-state index < -0.39 is 0 Å². The maximum absolute atomic E-state index is 13.4. The van der Waals surface area contributed by atoms with Gasteiger partial charge in [0.15, 0.2) is 5.82 Å². The van der Waals surface area contributed by atoms with Crippen molar-refractivity contribution in [1.29, 1.82) is 0 Å². The first kappa shape index (κ1) is 14.9. The van der Waals surface area contributed by atoms with Crippen molar-refractivity contribution in [1.82, 2.24) is 4.98 Å². The fourth-order valence-corrected chi connectivity index (χ4v) is 2.26. The fourth-order valence-electron chi connectivity index (χ4n) is 1.79. The molecule has 1 aromatic carbocycles. The van der Waals surface area contributed by atoms with Crippen molar-refractivity contribution in [3.8, 4) is 0 Å². The van der Waals surface area contributed by atoms with Crippen LogP contribution in [-0.2, 0) is 0 Å². The highest BCUT2D eigenvalue weighted by Crippen LogP contribution is 2.31. The van der Waals surface area contributed by atoms with Crippen molar-refractivity contribution in [2.75, 3.05) is 17.2 Å². The molecule has 0 spiro atoms. The largest absolute Gasteiger partial charge is 0.369 e. The Balaban J connectivity index is 2.34. The van der Waals surface area contributed by atoms with E-state index in [9.17, 15) is 4.39 Å². The average Bonchev–Trinajstić information content (AvgIpc) is 2.34. The number of anilines is 3. The van der Waals surface area contributed by atoms with Crippen LogP contribution in [0.1, 0.15) is 12.5 Å². The number of aromatic nitrogens is 1. The highest BCUT2D eigenvalue weighted by molar-refractivity contribution is 6.37. The van der Waals surface area contributed by atoms with Gasteiger partial charge >= 0.3 is 0 Å². The molecule has 0 unspecified atom stereocenters. The lowest BCUT2D eigenvalue weighted by molar-refractivity contribution is 0.627. The molecule has 0 fully saturated rings. The number of rotatable bonds is 4. The van der Waals surface area contributed by atoms with Gasteiger partial charge in [-0.1, -0.05) is 23.2 Å². The first-order chi connectivity index (χ1) is 9.49. The molecule has 0 amide bonds. The van der Waals surface area contributed by atoms with Crippen LogP contribution in [0.2, 0.25) is 10.0 Å². The quantitative estimate of drug-likeness (QED) is 0.833. The van der Waals surface area contributed by atoms with Gasteiger partial charge in [0.2, 0.25) is 0 Å². The van der Waals surface area contributed by atoms with Gasteiger partial charge in [0, 0.05) is 12.2 Å². The lowest BCUT2D eigenvalue weighted by atomic mass is 10.2. The molecule has 0 saturated heterocycles. The number of halogens is 3. The Morgan fingerprint density at radius 3 is 2.45 bits per heavy atom. The molecule has 0 bridgehead atoms. The molecule has 20 heavy (non-hydrogen) atoms. The third-order valence-corrected chi connectivity index (χ3v) is 3.15.